The molecule has 2 aromatic heterocycles. The molecule has 2 aliphatic rings. The van der Waals surface area contributed by atoms with Gasteiger partial charge in [-0.2, -0.15) is 0 Å². The molecule has 2 aliphatic heterocycles. The number of alkyl halides is 4. The zero-order valence-corrected chi connectivity index (χ0v) is 25.7. The molecule has 2 fully saturated rings. The number of ether oxygens (including phenoxy) is 1. The van der Waals surface area contributed by atoms with Crippen LogP contribution >= 0.6 is 0 Å². The van der Waals surface area contributed by atoms with Crippen molar-refractivity contribution in [3.8, 4) is 17.6 Å². The number of methoxy groups -OCH3 is 1. The summed E-state index contributed by atoms with van der Waals surface area (Å²) in [6.45, 7) is 3.22. The summed E-state index contributed by atoms with van der Waals surface area (Å²) in [5.41, 5.74) is 1.32. The average molecular weight is 667 g/mol. The monoisotopic (exact) mass is 667 g/mol. The molecule has 2 saturated heterocycles. The van der Waals surface area contributed by atoms with Gasteiger partial charge in [-0.3, -0.25) is 0 Å². The Labute approximate surface area is 253 Å². The minimum absolute atomic E-state index is 0.0573. The number of amides is 1. The van der Waals surface area contributed by atoms with E-state index >= 15 is 0 Å². The zero-order valence-electron chi connectivity index (χ0n) is 24.0. The third-order valence-corrected chi connectivity index (χ3v) is 9.21. The van der Waals surface area contributed by atoms with Gasteiger partial charge in [-0.1, -0.05) is 0 Å². The van der Waals surface area contributed by atoms with Crippen LogP contribution in [0, 0.1) is 11.8 Å². The van der Waals surface area contributed by atoms with Crippen molar-refractivity contribution < 1.29 is 32.2 Å². The minimum atomic E-state index is -4.40. The van der Waals surface area contributed by atoms with Gasteiger partial charge in [-0.05, 0) is 6.92 Å². The number of nitrogens with one attached hydrogen (secondary N) is 2. The fourth-order valence-corrected chi connectivity index (χ4v) is 6.84. The first-order chi connectivity index (χ1) is 20.3. The molecule has 2 unspecified atom stereocenters. The number of hydrogen-bond donors (Lipinski definition) is 3. The molecule has 0 saturated carbocycles. The van der Waals surface area contributed by atoms with E-state index < -0.39 is 37.8 Å². The van der Waals surface area contributed by atoms with E-state index in [1.54, 1.807) is 49.5 Å². The van der Waals surface area contributed by atoms with Gasteiger partial charge in [-0.15, -0.1) is 0 Å². The topological polar surface area (TPSA) is 81.5 Å². The summed E-state index contributed by atoms with van der Waals surface area (Å²) in [5.74, 6) is 6.04. The second kappa shape index (κ2) is 12.3. The summed E-state index contributed by atoms with van der Waals surface area (Å²) in [5, 5.41) is 11.9. The zero-order chi connectivity index (χ0) is 30.9. The molecule has 5 rings (SSSR count). The summed E-state index contributed by atoms with van der Waals surface area (Å²) in [4.78, 5) is 16.3. The number of piperidine rings is 1. The van der Waals surface area contributed by atoms with Gasteiger partial charge in [0.15, 0.2) is 0 Å². The van der Waals surface area contributed by atoms with Crippen molar-refractivity contribution >= 4 is 42.3 Å². The number of benzene rings is 1. The SMILES string of the molecule is COc1ccc(C(=O)N2CC(C)(O)C2)cc1NCC#Cc1cc2c(NC3CCN(C)CC3F)cccn2c1[Se]C(F)(F)F. The number of anilines is 2. The Kier molecular flexibility index (Phi) is 8.86. The van der Waals surface area contributed by atoms with Gasteiger partial charge in [-0.25, -0.2) is 0 Å². The van der Waals surface area contributed by atoms with Gasteiger partial charge in [0.25, 0.3) is 0 Å². The van der Waals surface area contributed by atoms with E-state index in [1.807, 2.05) is 11.9 Å². The molecule has 230 valence electrons. The molecule has 0 bridgehead atoms. The van der Waals surface area contributed by atoms with Crippen molar-refractivity contribution in [3.63, 3.8) is 0 Å². The van der Waals surface area contributed by atoms with Gasteiger partial charge >= 0.3 is 236 Å². The first-order valence-corrected chi connectivity index (χ1v) is 15.5. The van der Waals surface area contributed by atoms with Crippen LogP contribution in [0.3, 0.4) is 0 Å². The predicted molar refractivity (Wildman–Crippen MR) is 158 cm³/mol. The number of carbonyl (C=O) groups excluding carboxylic acids is 1. The van der Waals surface area contributed by atoms with E-state index in [2.05, 4.69) is 22.5 Å². The van der Waals surface area contributed by atoms with E-state index in [0.29, 0.717) is 34.6 Å². The quantitative estimate of drug-likeness (QED) is 0.205. The number of carbonyl (C=O) groups is 1. The van der Waals surface area contributed by atoms with Crippen LogP contribution in [0.5, 0.6) is 5.75 Å². The predicted octanol–water partition coefficient (Wildman–Crippen LogP) is 2.92. The van der Waals surface area contributed by atoms with E-state index in [0.717, 1.165) is 6.54 Å². The van der Waals surface area contributed by atoms with Crippen molar-refractivity contribution in [2.24, 2.45) is 0 Å². The van der Waals surface area contributed by atoms with Crippen LogP contribution in [0.15, 0.2) is 42.6 Å². The number of hydrogen-bond acceptors (Lipinski definition) is 6. The summed E-state index contributed by atoms with van der Waals surface area (Å²) in [6.07, 6.45) is 1.04. The molecule has 8 nitrogen and oxygen atoms in total. The Morgan fingerprint density at radius 3 is 2.67 bits per heavy atom. The van der Waals surface area contributed by atoms with Crippen LogP contribution in [0.25, 0.3) is 5.52 Å². The number of pyridine rings is 1. The third kappa shape index (κ3) is 7.21. The molecule has 4 heterocycles. The molecule has 13 heteroatoms. The first kappa shape index (κ1) is 31.0. The summed E-state index contributed by atoms with van der Waals surface area (Å²) in [7, 11) is 3.34. The molecule has 0 aliphatic carbocycles. The van der Waals surface area contributed by atoms with Gasteiger partial charge in [0.05, 0.1) is 5.60 Å². The van der Waals surface area contributed by atoms with Crippen LogP contribution in [-0.2, 0) is 0 Å². The maximum atomic E-state index is 14.7. The Balaban J connectivity index is 1.37. The molecule has 0 radical (unpaired) electrons. The number of β-amino-alcohol motifs (C(OH)–C–C–N with tert-alkyl or cyclic N) is 1. The van der Waals surface area contributed by atoms with Crippen molar-refractivity contribution in [1.29, 1.82) is 0 Å². The fourth-order valence-electron chi connectivity index (χ4n) is 5.38. The number of fused-ring (bicyclic) bond motifs is 1. The van der Waals surface area contributed by atoms with Gasteiger partial charge in [0.1, 0.15) is 0 Å². The molecule has 3 aromatic rings. The number of aromatic nitrogens is 1. The van der Waals surface area contributed by atoms with Gasteiger partial charge in [0, 0.05) is 0 Å². The van der Waals surface area contributed by atoms with Gasteiger partial charge in [0.2, 0.25) is 0 Å². The maximum absolute atomic E-state index is 14.7. The van der Waals surface area contributed by atoms with Crippen LogP contribution < -0.4 is 20.0 Å². The third-order valence-electron chi connectivity index (χ3n) is 7.45. The number of rotatable bonds is 7. The Bertz CT molecular complexity index is 1560. The van der Waals surface area contributed by atoms with Crippen LogP contribution in [0.4, 0.5) is 28.9 Å². The summed E-state index contributed by atoms with van der Waals surface area (Å²) in [6, 6.07) is 9.46. The Morgan fingerprint density at radius 2 is 2.00 bits per heavy atom. The number of halogens is 4. The Morgan fingerprint density at radius 1 is 1.23 bits per heavy atom. The standard InChI is InChI=1S/C30H33F4N5O3Se/c1-29(41)17-38(18-29)27(40)19-8-9-26(42-3)24(14-19)35-11-4-6-20-15-25-23(36-22-10-13-37(2)16-21(22)31)7-5-12-39(25)28(20)43-30(32,33)34/h5,7-9,12,14-15,21-22,35-36,41H,10-11,13,16-18H2,1-3H3. The number of aliphatic hydroxyl groups is 1. The van der Waals surface area contributed by atoms with Crippen molar-refractivity contribution in [1.82, 2.24) is 14.2 Å². The molecule has 43 heavy (non-hydrogen) atoms. The van der Waals surface area contributed by atoms with Crippen molar-refractivity contribution in [2.75, 3.05) is 57.5 Å². The van der Waals surface area contributed by atoms with Crippen LogP contribution in [0.2, 0.25) is 0 Å². The molecule has 3 N–H and O–H groups in total. The van der Waals surface area contributed by atoms with E-state index in [9.17, 15) is 27.5 Å². The van der Waals surface area contributed by atoms with Crippen LogP contribution in [0.1, 0.15) is 29.3 Å². The molecule has 1 amide bonds. The molecule has 0 spiro atoms. The molecular formula is C30H33F4N5O3Se. The summed E-state index contributed by atoms with van der Waals surface area (Å²) >= 11 is -1.87. The first-order valence-electron chi connectivity index (χ1n) is 13.7. The number of nitrogens with zero attached hydrogens (tertiary/aromatic N) is 3. The molecule has 1 aromatic carbocycles. The van der Waals surface area contributed by atoms with E-state index in [-0.39, 0.29) is 42.2 Å². The van der Waals surface area contributed by atoms with E-state index in [4.69, 9.17) is 4.74 Å². The van der Waals surface area contributed by atoms with Crippen LogP contribution in [-0.4, -0.2) is 110 Å². The average Bonchev–Trinajstić information content (AvgIpc) is 3.27. The van der Waals surface area contributed by atoms with Crippen molar-refractivity contribution in [3.05, 3.63) is 53.7 Å². The fraction of sp³-hybridized carbons (Fsp3) is 0.433. The van der Waals surface area contributed by atoms with Crippen molar-refractivity contribution in [2.45, 2.75) is 36.2 Å². The molecular weight excluding hydrogens is 633 g/mol. The Hall–Kier alpha value is -3.43. The summed E-state index contributed by atoms with van der Waals surface area (Å²) < 4.78 is 62.6. The second-order valence-corrected chi connectivity index (χ2v) is 13.3. The normalized spacial score (nSPS) is 20.2. The second-order valence-electron chi connectivity index (χ2n) is 11.1. The molecule has 2 atom stereocenters. The number of likely N-dealkylation sites (tertiary alicyclic amines) is 2. The van der Waals surface area contributed by atoms with Gasteiger partial charge < -0.3 is 5.11 Å². The van der Waals surface area contributed by atoms with E-state index in [1.165, 1.54) is 16.4 Å².